The van der Waals surface area contributed by atoms with Crippen LogP contribution >= 0.6 is 0 Å². The lowest BCUT2D eigenvalue weighted by atomic mass is 10.0. The van der Waals surface area contributed by atoms with Crippen LogP contribution in [0.5, 0.6) is 0 Å². The second-order valence-electron chi connectivity index (χ2n) is 6.78. The number of nitrogens with one attached hydrogen (secondary N) is 2. The van der Waals surface area contributed by atoms with Crippen molar-refractivity contribution < 1.29 is 32.6 Å². The van der Waals surface area contributed by atoms with E-state index in [1.807, 2.05) is 0 Å². The van der Waals surface area contributed by atoms with Gasteiger partial charge in [0, 0.05) is 23.5 Å². The lowest BCUT2D eigenvalue weighted by Crippen LogP contribution is -2.44. The number of aromatic amines is 1. The molecule has 3 N–H and O–H groups in total. The summed E-state index contributed by atoms with van der Waals surface area (Å²) in [7, 11) is 0. The zero-order valence-electron chi connectivity index (χ0n) is 14.4. The normalized spacial score (nSPS) is 13.5. The second kappa shape index (κ2) is 6.89. The van der Waals surface area contributed by atoms with Crippen LogP contribution in [0.4, 0.5) is 18.0 Å². The number of carbonyl (C=O) groups is 2. The Morgan fingerprint density at radius 1 is 1.27 bits per heavy atom. The maximum Gasteiger partial charge on any atom is 0.417 e. The Morgan fingerprint density at radius 3 is 2.46 bits per heavy atom. The molecule has 0 bridgehead atoms. The van der Waals surface area contributed by atoms with E-state index in [-0.39, 0.29) is 22.9 Å². The van der Waals surface area contributed by atoms with Crippen molar-refractivity contribution in [2.45, 2.75) is 45.0 Å². The van der Waals surface area contributed by atoms with E-state index in [9.17, 15) is 27.9 Å². The first-order valence-electron chi connectivity index (χ1n) is 7.77. The zero-order valence-corrected chi connectivity index (χ0v) is 14.4. The number of fused-ring (bicyclic) bond motifs is 1. The fourth-order valence-corrected chi connectivity index (χ4v) is 2.52. The number of aromatic nitrogens is 1. The molecule has 6 nitrogen and oxygen atoms in total. The topological polar surface area (TPSA) is 91.4 Å². The molecule has 1 aromatic carbocycles. The van der Waals surface area contributed by atoms with Crippen LogP contribution in [-0.4, -0.2) is 33.8 Å². The number of benzene rings is 1. The molecule has 0 aliphatic carbocycles. The molecule has 0 aliphatic rings. The van der Waals surface area contributed by atoms with Gasteiger partial charge in [0.25, 0.3) is 0 Å². The maximum atomic E-state index is 13.2. The number of H-pyrrole nitrogens is 1. The lowest BCUT2D eigenvalue weighted by Gasteiger charge is -2.22. The quantitative estimate of drug-likeness (QED) is 0.763. The molecular formula is C17H19F3N2O4. The van der Waals surface area contributed by atoms with Crippen molar-refractivity contribution in [1.82, 2.24) is 10.3 Å². The predicted molar refractivity (Wildman–Crippen MR) is 87.8 cm³/mol. The van der Waals surface area contributed by atoms with Crippen molar-refractivity contribution in [2.75, 3.05) is 0 Å². The van der Waals surface area contributed by atoms with Crippen LogP contribution in [0, 0.1) is 0 Å². The van der Waals surface area contributed by atoms with Crippen molar-refractivity contribution in [2.24, 2.45) is 0 Å². The number of halogens is 3. The fourth-order valence-electron chi connectivity index (χ4n) is 2.52. The summed E-state index contributed by atoms with van der Waals surface area (Å²) in [6, 6.07) is 2.21. The molecule has 1 atom stereocenters. The number of alkyl halides is 3. The van der Waals surface area contributed by atoms with E-state index >= 15 is 0 Å². The summed E-state index contributed by atoms with van der Waals surface area (Å²) >= 11 is 0. The van der Waals surface area contributed by atoms with E-state index in [4.69, 9.17) is 4.74 Å². The minimum Gasteiger partial charge on any atom is -0.480 e. The largest absolute Gasteiger partial charge is 0.480 e. The van der Waals surface area contributed by atoms with Crippen LogP contribution in [0.1, 0.15) is 31.9 Å². The van der Waals surface area contributed by atoms with Crippen molar-refractivity contribution in [1.29, 1.82) is 0 Å². The number of hydrogen-bond acceptors (Lipinski definition) is 3. The first-order chi connectivity index (χ1) is 11.9. The van der Waals surface area contributed by atoms with Crippen molar-refractivity contribution in [3.05, 3.63) is 35.5 Å². The van der Waals surface area contributed by atoms with Gasteiger partial charge in [-0.1, -0.05) is 6.07 Å². The van der Waals surface area contributed by atoms with Gasteiger partial charge in [0.05, 0.1) is 5.56 Å². The summed E-state index contributed by atoms with van der Waals surface area (Å²) in [5, 5.41) is 11.4. The van der Waals surface area contributed by atoms with Crippen LogP contribution in [0.2, 0.25) is 0 Å². The second-order valence-corrected chi connectivity index (χ2v) is 6.78. The molecule has 0 fully saturated rings. The number of aliphatic carboxylic acids is 1. The average molecular weight is 372 g/mol. The van der Waals surface area contributed by atoms with Crippen LogP contribution in [-0.2, 0) is 22.1 Å². The van der Waals surface area contributed by atoms with E-state index in [1.54, 1.807) is 20.8 Å². The Hall–Kier alpha value is -2.71. The third-order valence-corrected chi connectivity index (χ3v) is 3.51. The highest BCUT2D eigenvalue weighted by Gasteiger charge is 2.34. The lowest BCUT2D eigenvalue weighted by molar-refractivity contribution is -0.139. The molecule has 1 amide bonds. The van der Waals surface area contributed by atoms with Crippen LogP contribution in [0.25, 0.3) is 10.9 Å². The Morgan fingerprint density at radius 2 is 1.92 bits per heavy atom. The monoisotopic (exact) mass is 372 g/mol. The molecule has 1 aromatic heterocycles. The third kappa shape index (κ3) is 4.68. The number of carbonyl (C=O) groups excluding carboxylic acids is 1. The van der Waals surface area contributed by atoms with Gasteiger partial charge in [-0.05, 0) is 38.5 Å². The molecule has 142 valence electrons. The van der Waals surface area contributed by atoms with Crippen LogP contribution < -0.4 is 5.32 Å². The summed E-state index contributed by atoms with van der Waals surface area (Å²) in [5.74, 6) is -1.38. The smallest absolute Gasteiger partial charge is 0.417 e. The molecule has 26 heavy (non-hydrogen) atoms. The van der Waals surface area contributed by atoms with Gasteiger partial charge in [-0.2, -0.15) is 13.2 Å². The molecule has 0 saturated carbocycles. The standard InChI is InChI=1S/C17H19F3N2O4/c1-16(2,3)26-15(25)22-12(14(23)24)7-9-8-21-11-6-4-5-10(13(9)11)17(18,19)20/h4-6,8,12,21H,7H2,1-3H3,(H,22,25)(H,23,24). The number of alkyl carbamates (subject to hydrolysis) is 1. The number of carboxylic acid groups (broad SMARTS) is 1. The Bertz CT molecular complexity index is 822. The molecule has 1 unspecified atom stereocenters. The van der Waals surface area contributed by atoms with Crippen molar-refractivity contribution >= 4 is 23.0 Å². The molecule has 2 aromatic rings. The average Bonchev–Trinajstić information content (AvgIpc) is 2.86. The van der Waals surface area contributed by atoms with Gasteiger partial charge in [-0.15, -0.1) is 0 Å². The first kappa shape index (κ1) is 19.6. The van der Waals surface area contributed by atoms with Gasteiger partial charge in [0.15, 0.2) is 0 Å². The van der Waals surface area contributed by atoms with Gasteiger partial charge < -0.3 is 20.1 Å². The minimum absolute atomic E-state index is 0.114. The molecule has 1 heterocycles. The SMILES string of the molecule is CC(C)(C)OC(=O)NC(Cc1c[nH]c2cccc(C(F)(F)F)c12)C(=O)O. The minimum atomic E-state index is -4.59. The number of ether oxygens (including phenoxy) is 1. The van der Waals surface area contributed by atoms with Crippen LogP contribution in [0.15, 0.2) is 24.4 Å². The highest BCUT2D eigenvalue weighted by molar-refractivity contribution is 5.88. The van der Waals surface area contributed by atoms with Crippen molar-refractivity contribution in [3.63, 3.8) is 0 Å². The van der Waals surface area contributed by atoms with Crippen LogP contribution in [0.3, 0.4) is 0 Å². The molecule has 0 aliphatic heterocycles. The summed E-state index contributed by atoms with van der Waals surface area (Å²) in [5.41, 5.74) is -1.34. The fraction of sp³-hybridized carbons (Fsp3) is 0.412. The Kier molecular flexibility index (Phi) is 5.20. The summed E-state index contributed by atoms with van der Waals surface area (Å²) in [6.07, 6.45) is -4.57. The molecule has 0 radical (unpaired) electrons. The highest BCUT2D eigenvalue weighted by atomic mass is 19.4. The number of rotatable bonds is 4. The Labute approximate surface area is 147 Å². The summed E-state index contributed by atoms with van der Waals surface area (Å²) < 4.78 is 44.7. The summed E-state index contributed by atoms with van der Waals surface area (Å²) in [6.45, 7) is 4.83. The van der Waals surface area contributed by atoms with E-state index in [1.165, 1.54) is 18.3 Å². The van der Waals surface area contributed by atoms with E-state index in [0.717, 1.165) is 6.07 Å². The van der Waals surface area contributed by atoms with Gasteiger partial charge in [0.1, 0.15) is 11.6 Å². The number of hydrogen-bond donors (Lipinski definition) is 3. The molecule has 0 saturated heterocycles. The summed E-state index contributed by atoms with van der Waals surface area (Å²) in [4.78, 5) is 25.9. The van der Waals surface area contributed by atoms with Gasteiger partial charge in [-0.3, -0.25) is 0 Å². The molecule has 2 rings (SSSR count). The predicted octanol–water partition coefficient (Wildman–Crippen LogP) is 3.71. The molecule has 9 heteroatoms. The van der Waals surface area contributed by atoms with Gasteiger partial charge >= 0.3 is 18.2 Å². The van der Waals surface area contributed by atoms with Crippen molar-refractivity contribution in [3.8, 4) is 0 Å². The Balaban J connectivity index is 2.32. The zero-order chi connectivity index (χ0) is 19.7. The van der Waals surface area contributed by atoms with E-state index in [0.29, 0.717) is 0 Å². The first-order valence-corrected chi connectivity index (χ1v) is 7.77. The maximum absolute atomic E-state index is 13.2. The third-order valence-electron chi connectivity index (χ3n) is 3.51. The van der Waals surface area contributed by atoms with Gasteiger partial charge in [-0.25, -0.2) is 9.59 Å². The number of carboxylic acids is 1. The van der Waals surface area contributed by atoms with E-state index < -0.39 is 35.4 Å². The van der Waals surface area contributed by atoms with Gasteiger partial charge in [0.2, 0.25) is 0 Å². The van der Waals surface area contributed by atoms with E-state index in [2.05, 4.69) is 10.3 Å². The molecular weight excluding hydrogens is 353 g/mol. The number of amides is 1. The highest BCUT2D eigenvalue weighted by Crippen LogP contribution is 2.36. The molecule has 0 spiro atoms.